The number of fused-ring (bicyclic) bond motifs is 1. The first-order chi connectivity index (χ1) is 11.4. The number of para-hydroxylation sites is 1. The normalized spacial score (nSPS) is 13.0. The van der Waals surface area contributed by atoms with Gasteiger partial charge in [-0.1, -0.05) is 18.2 Å². The highest BCUT2D eigenvalue weighted by Crippen LogP contribution is 2.28. The summed E-state index contributed by atoms with van der Waals surface area (Å²) in [6.45, 7) is 1.47. The summed E-state index contributed by atoms with van der Waals surface area (Å²) < 4.78 is 38.8. The Balaban J connectivity index is 1.82. The Kier molecular flexibility index (Phi) is 3.96. The summed E-state index contributed by atoms with van der Waals surface area (Å²) in [5, 5.41) is 6.96. The lowest BCUT2D eigenvalue weighted by Crippen LogP contribution is -2.24. The van der Waals surface area contributed by atoms with Crippen LogP contribution in [0, 0.1) is 0 Å². The Bertz CT molecular complexity index is 883. The lowest BCUT2D eigenvalue weighted by Gasteiger charge is -2.14. The highest BCUT2D eigenvalue weighted by molar-refractivity contribution is 6.01. The first kappa shape index (κ1) is 16.0. The number of alkyl halides is 3. The van der Waals surface area contributed by atoms with E-state index in [2.05, 4.69) is 15.4 Å². The summed E-state index contributed by atoms with van der Waals surface area (Å²) in [4.78, 5) is 16.6. The Morgan fingerprint density at radius 2 is 1.96 bits per heavy atom. The lowest BCUT2D eigenvalue weighted by molar-refractivity contribution is -0.141. The van der Waals surface area contributed by atoms with Crippen LogP contribution in [0.4, 0.5) is 18.9 Å². The number of anilines is 1. The number of hydrogen-bond donors (Lipinski definition) is 1. The molecule has 0 bridgehead atoms. The van der Waals surface area contributed by atoms with Crippen molar-refractivity contribution in [1.82, 2.24) is 14.8 Å². The van der Waals surface area contributed by atoms with Crippen LogP contribution in [-0.4, -0.2) is 20.7 Å². The molecule has 0 aliphatic carbocycles. The zero-order valence-electron chi connectivity index (χ0n) is 12.6. The van der Waals surface area contributed by atoms with Crippen LogP contribution in [0.5, 0.6) is 0 Å². The van der Waals surface area contributed by atoms with Crippen molar-refractivity contribution in [3.05, 3.63) is 54.5 Å². The molecule has 0 spiro atoms. The van der Waals surface area contributed by atoms with Crippen LogP contribution in [0.1, 0.15) is 18.7 Å². The van der Waals surface area contributed by atoms with Crippen molar-refractivity contribution in [2.75, 3.05) is 5.32 Å². The van der Waals surface area contributed by atoms with Crippen LogP contribution in [0.3, 0.4) is 0 Å². The minimum atomic E-state index is -4.54. The number of rotatable bonds is 3. The third-order valence-electron chi connectivity index (χ3n) is 3.57. The number of nitrogens with zero attached hydrogens (tertiary/aromatic N) is 3. The van der Waals surface area contributed by atoms with Gasteiger partial charge in [-0.25, -0.2) is 0 Å². The number of benzene rings is 1. The number of carbonyl (C=O) groups excluding carboxylic acids is 1. The standard InChI is InChI=1S/C16H13F3N4O/c1-10(23-9-7-13(22-23)16(17,18)19)15(24)21-12-6-2-4-11-5-3-8-20-14(11)12/h2-10H,1H3,(H,21,24)/t10-/m0/s1. The van der Waals surface area contributed by atoms with Crippen LogP contribution >= 0.6 is 0 Å². The molecule has 1 N–H and O–H groups in total. The summed E-state index contributed by atoms with van der Waals surface area (Å²) in [6, 6.07) is 8.86. The number of halogens is 3. The molecule has 1 amide bonds. The fourth-order valence-electron chi connectivity index (χ4n) is 2.27. The maximum atomic E-state index is 12.6. The van der Waals surface area contributed by atoms with Crippen molar-refractivity contribution < 1.29 is 18.0 Å². The second-order valence-corrected chi connectivity index (χ2v) is 5.22. The quantitative estimate of drug-likeness (QED) is 0.795. The Labute approximate surface area is 135 Å². The fourth-order valence-corrected chi connectivity index (χ4v) is 2.27. The molecule has 2 aromatic heterocycles. The highest BCUT2D eigenvalue weighted by Gasteiger charge is 2.34. The molecule has 1 atom stereocenters. The van der Waals surface area contributed by atoms with Crippen molar-refractivity contribution >= 4 is 22.5 Å². The molecule has 24 heavy (non-hydrogen) atoms. The summed E-state index contributed by atoms with van der Waals surface area (Å²) in [5.74, 6) is -0.482. The van der Waals surface area contributed by atoms with Gasteiger partial charge in [0.25, 0.3) is 0 Å². The average molecular weight is 334 g/mol. The molecule has 0 saturated carbocycles. The van der Waals surface area contributed by atoms with E-state index in [-0.39, 0.29) is 0 Å². The van der Waals surface area contributed by atoms with Crippen molar-refractivity contribution in [2.24, 2.45) is 0 Å². The summed E-state index contributed by atoms with van der Waals surface area (Å²) >= 11 is 0. The predicted molar refractivity (Wildman–Crippen MR) is 82.3 cm³/mol. The summed E-state index contributed by atoms with van der Waals surface area (Å²) in [5.41, 5.74) is 0.0686. The third kappa shape index (κ3) is 3.08. The number of carbonyl (C=O) groups is 1. The summed E-state index contributed by atoms with van der Waals surface area (Å²) in [7, 11) is 0. The second-order valence-electron chi connectivity index (χ2n) is 5.22. The van der Waals surface area contributed by atoms with Gasteiger partial charge in [0, 0.05) is 17.8 Å². The van der Waals surface area contributed by atoms with E-state index >= 15 is 0 Å². The molecule has 3 rings (SSSR count). The Hall–Kier alpha value is -2.90. The van der Waals surface area contributed by atoms with E-state index in [1.807, 2.05) is 12.1 Å². The molecule has 0 aliphatic rings. The molecule has 0 saturated heterocycles. The average Bonchev–Trinajstić information content (AvgIpc) is 3.04. The maximum absolute atomic E-state index is 12.6. The molecular weight excluding hydrogens is 321 g/mol. The second kappa shape index (κ2) is 5.95. The fraction of sp³-hybridized carbons (Fsp3) is 0.188. The molecule has 3 aromatic rings. The maximum Gasteiger partial charge on any atom is 0.435 e. The SMILES string of the molecule is C[C@@H](C(=O)Nc1cccc2cccnc12)n1ccc(C(F)(F)F)n1. The lowest BCUT2D eigenvalue weighted by atomic mass is 10.2. The van der Waals surface area contributed by atoms with Crippen molar-refractivity contribution in [1.29, 1.82) is 0 Å². The molecule has 0 fully saturated rings. The molecule has 0 unspecified atom stereocenters. The van der Waals surface area contributed by atoms with E-state index < -0.39 is 23.8 Å². The van der Waals surface area contributed by atoms with Gasteiger partial charge in [0.15, 0.2) is 5.69 Å². The number of aromatic nitrogens is 3. The first-order valence-corrected chi connectivity index (χ1v) is 7.13. The Morgan fingerprint density at radius 3 is 2.67 bits per heavy atom. The van der Waals surface area contributed by atoms with E-state index in [9.17, 15) is 18.0 Å². The van der Waals surface area contributed by atoms with Gasteiger partial charge in [-0.2, -0.15) is 18.3 Å². The van der Waals surface area contributed by atoms with Crippen molar-refractivity contribution in [2.45, 2.75) is 19.1 Å². The monoisotopic (exact) mass is 334 g/mol. The van der Waals surface area contributed by atoms with Gasteiger partial charge in [0.05, 0.1) is 11.2 Å². The van der Waals surface area contributed by atoms with E-state index in [1.165, 1.54) is 6.92 Å². The minimum Gasteiger partial charge on any atom is -0.322 e. The third-order valence-corrected chi connectivity index (χ3v) is 3.57. The van der Waals surface area contributed by atoms with Gasteiger partial charge >= 0.3 is 6.18 Å². The van der Waals surface area contributed by atoms with Gasteiger partial charge in [0.2, 0.25) is 5.91 Å². The van der Waals surface area contributed by atoms with Crippen LogP contribution in [-0.2, 0) is 11.0 Å². The summed E-state index contributed by atoms with van der Waals surface area (Å²) in [6.07, 6.45) is -1.81. The number of amides is 1. The first-order valence-electron chi connectivity index (χ1n) is 7.13. The van der Waals surface area contributed by atoms with Gasteiger partial charge in [-0.15, -0.1) is 0 Å². The number of nitrogens with one attached hydrogen (secondary N) is 1. The van der Waals surface area contributed by atoms with Gasteiger partial charge in [0.1, 0.15) is 6.04 Å². The molecule has 1 aromatic carbocycles. The Morgan fingerprint density at radius 1 is 1.21 bits per heavy atom. The zero-order valence-corrected chi connectivity index (χ0v) is 12.6. The topological polar surface area (TPSA) is 59.8 Å². The molecule has 0 aliphatic heterocycles. The highest BCUT2D eigenvalue weighted by atomic mass is 19.4. The van der Waals surface area contributed by atoms with Crippen LogP contribution in [0.2, 0.25) is 0 Å². The van der Waals surface area contributed by atoms with E-state index in [0.717, 1.165) is 22.3 Å². The van der Waals surface area contributed by atoms with Crippen LogP contribution in [0.15, 0.2) is 48.8 Å². The van der Waals surface area contributed by atoms with Crippen LogP contribution in [0.25, 0.3) is 10.9 Å². The zero-order chi connectivity index (χ0) is 17.3. The largest absolute Gasteiger partial charge is 0.435 e. The molecular formula is C16H13F3N4O. The number of pyridine rings is 1. The molecule has 124 valence electrons. The van der Waals surface area contributed by atoms with E-state index in [0.29, 0.717) is 11.2 Å². The molecule has 0 radical (unpaired) electrons. The number of hydrogen-bond acceptors (Lipinski definition) is 3. The predicted octanol–water partition coefficient (Wildman–Crippen LogP) is 3.65. The minimum absolute atomic E-state index is 0.482. The van der Waals surface area contributed by atoms with Crippen molar-refractivity contribution in [3.63, 3.8) is 0 Å². The van der Waals surface area contributed by atoms with E-state index in [1.54, 1.807) is 24.4 Å². The van der Waals surface area contributed by atoms with Crippen LogP contribution < -0.4 is 5.32 Å². The smallest absolute Gasteiger partial charge is 0.322 e. The van der Waals surface area contributed by atoms with Crippen molar-refractivity contribution in [3.8, 4) is 0 Å². The van der Waals surface area contributed by atoms with Gasteiger partial charge in [-0.05, 0) is 25.1 Å². The van der Waals surface area contributed by atoms with Gasteiger partial charge < -0.3 is 5.32 Å². The molecule has 2 heterocycles. The molecule has 8 heteroatoms. The van der Waals surface area contributed by atoms with E-state index in [4.69, 9.17) is 0 Å². The molecule has 5 nitrogen and oxygen atoms in total. The van der Waals surface area contributed by atoms with Gasteiger partial charge in [-0.3, -0.25) is 14.5 Å².